The van der Waals surface area contributed by atoms with Crippen molar-refractivity contribution in [2.45, 2.75) is 17.6 Å². The van der Waals surface area contributed by atoms with Crippen LogP contribution in [-0.4, -0.2) is 0 Å². The van der Waals surface area contributed by atoms with Gasteiger partial charge in [-0.1, -0.05) is 60.2 Å². The van der Waals surface area contributed by atoms with E-state index in [0.717, 1.165) is 5.75 Å². The number of hydrogen-bond donors (Lipinski definition) is 0. The van der Waals surface area contributed by atoms with Gasteiger partial charge in [-0.25, -0.2) is 0 Å². The number of aryl methyl sites for hydroxylation is 1. The minimum absolute atomic E-state index is 1.03. The van der Waals surface area contributed by atoms with Gasteiger partial charge >= 0.3 is 0 Å². The SMILES string of the molecule is Cc1cccc(CSc2ccc3ccccc3c2)c1. The van der Waals surface area contributed by atoms with Crippen molar-refractivity contribution in [3.63, 3.8) is 0 Å². The molecule has 19 heavy (non-hydrogen) atoms. The number of fused-ring (bicyclic) bond motifs is 1. The highest BCUT2D eigenvalue weighted by Crippen LogP contribution is 2.26. The van der Waals surface area contributed by atoms with Gasteiger partial charge in [0.05, 0.1) is 0 Å². The molecule has 0 heterocycles. The smallest absolute Gasteiger partial charge is 0.0232 e. The zero-order chi connectivity index (χ0) is 13.1. The molecule has 0 aliphatic carbocycles. The third-order valence-electron chi connectivity index (χ3n) is 3.21. The van der Waals surface area contributed by atoms with Crippen LogP contribution in [0.3, 0.4) is 0 Å². The fourth-order valence-corrected chi connectivity index (χ4v) is 3.11. The summed E-state index contributed by atoms with van der Waals surface area (Å²) in [6.07, 6.45) is 0. The lowest BCUT2D eigenvalue weighted by Crippen LogP contribution is -1.82. The molecule has 0 atom stereocenters. The van der Waals surface area contributed by atoms with Gasteiger partial charge in [-0.15, -0.1) is 11.8 Å². The first-order valence-electron chi connectivity index (χ1n) is 6.48. The van der Waals surface area contributed by atoms with Gasteiger partial charge in [0.1, 0.15) is 0 Å². The number of rotatable bonds is 3. The zero-order valence-electron chi connectivity index (χ0n) is 11.0. The lowest BCUT2D eigenvalue weighted by Gasteiger charge is -2.05. The van der Waals surface area contributed by atoms with E-state index >= 15 is 0 Å². The molecule has 1 heteroatoms. The molecule has 3 rings (SSSR count). The molecule has 0 N–H and O–H groups in total. The standard InChI is InChI=1S/C18H16S/c1-14-5-4-6-15(11-14)13-19-18-10-9-16-7-2-3-8-17(16)12-18/h2-12H,13H2,1H3. The monoisotopic (exact) mass is 264 g/mol. The van der Waals surface area contributed by atoms with E-state index in [1.165, 1.54) is 26.8 Å². The Bertz CT molecular complexity index is 701. The van der Waals surface area contributed by atoms with E-state index in [1.54, 1.807) is 0 Å². The van der Waals surface area contributed by atoms with Crippen molar-refractivity contribution >= 4 is 22.5 Å². The first kappa shape index (κ1) is 12.3. The molecule has 0 unspecified atom stereocenters. The fourth-order valence-electron chi connectivity index (χ4n) is 2.23. The lowest BCUT2D eigenvalue weighted by molar-refractivity contribution is 1.34. The molecule has 0 saturated carbocycles. The largest absolute Gasteiger partial charge is 0.121 e. The van der Waals surface area contributed by atoms with Crippen molar-refractivity contribution in [3.8, 4) is 0 Å². The van der Waals surface area contributed by atoms with Gasteiger partial charge < -0.3 is 0 Å². The van der Waals surface area contributed by atoms with Crippen molar-refractivity contribution in [1.82, 2.24) is 0 Å². The first-order valence-corrected chi connectivity index (χ1v) is 7.47. The van der Waals surface area contributed by atoms with Gasteiger partial charge in [0, 0.05) is 10.6 Å². The van der Waals surface area contributed by atoms with Crippen LogP contribution in [0.1, 0.15) is 11.1 Å². The second-order valence-electron chi connectivity index (χ2n) is 4.79. The van der Waals surface area contributed by atoms with Gasteiger partial charge in [-0.3, -0.25) is 0 Å². The molecule has 0 saturated heterocycles. The third-order valence-corrected chi connectivity index (χ3v) is 4.27. The van der Waals surface area contributed by atoms with Crippen molar-refractivity contribution in [2.24, 2.45) is 0 Å². The van der Waals surface area contributed by atoms with Gasteiger partial charge in [0.2, 0.25) is 0 Å². The second-order valence-corrected chi connectivity index (χ2v) is 5.84. The first-order chi connectivity index (χ1) is 9.31. The van der Waals surface area contributed by atoms with Crippen LogP contribution in [0.25, 0.3) is 10.8 Å². The van der Waals surface area contributed by atoms with E-state index in [4.69, 9.17) is 0 Å². The molecule has 0 fully saturated rings. The predicted molar refractivity (Wildman–Crippen MR) is 84.7 cm³/mol. The number of hydrogen-bond acceptors (Lipinski definition) is 1. The van der Waals surface area contributed by atoms with Crippen molar-refractivity contribution in [2.75, 3.05) is 0 Å². The van der Waals surface area contributed by atoms with Crippen molar-refractivity contribution < 1.29 is 0 Å². The average Bonchev–Trinajstić information content (AvgIpc) is 2.45. The third kappa shape index (κ3) is 2.99. The lowest BCUT2D eigenvalue weighted by atomic mass is 10.1. The Morgan fingerprint density at radius 1 is 0.789 bits per heavy atom. The zero-order valence-corrected chi connectivity index (χ0v) is 11.8. The van der Waals surface area contributed by atoms with Gasteiger partial charge in [0.15, 0.2) is 0 Å². The van der Waals surface area contributed by atoms with Crippen molar-refractivity contribution in [1.29, 1.82) is 0 Å². The summed E-state index contributed by atoms with van der Waals surface area (Å²) in [5.74, 6) is 1.03. The summed E-state index contributed by atoms with van der Waals surface area (Å²) < 4.78 is 0. The van der Waals surface area contributed by atoms with Gasteiger partial charge in [-0.05, 0) is 35.4 Å². The van der Waals surface area contributed by atoms with E-state index in [9.17, 15) is 0 Å². The van der Waals surface area contributed by atoms with Crippen LogP contribution in [0.5, 0.6) is 0 Å². The molecule has 94 valence electrons. The Hall–Kier alpha value is -1.73. The summed E-state index contributed by atoms with van der Waals surface area (Å²) >= 11 is 1.90. The molecular weight excluding hydrogens is 248 g/mol. The van der Waals surface area contributed by atoms with E-state index in [0.29, 0.717) is 0 Å². The summed E-state index contributed by atoms with van der Waals surface area (Å²) in [6, 6.07) is 23.9. The molecule has 3 aromatic carbocycles. The Labute approximate surface area is 118 Å². The van der Waals surface area contributed by atoms with Crippen molar-refractivity contribution in [3.05, 3.63) is 77.9 Å². The molecule has 0 aromatic heterocycles. The summed E-state index contributed by atoms with van der Waals surface area (Å²) in [5, 5.41) is 2.62. The van der Waals surface area contributed by atoms with Crippen LogP contribution in [-0.2, 0) is 5.75 Å². The molecule has 0 radical (unpaired) electrons. The molecule has 0 spiro atoms. The Kier molecular flexibility index (Phi) is 3.56. The molecule has 3 aromatic rings. The molecular formula is C18H16S. The quantitative estimate of drug-likeness (QED) is 0.567. The summed E-state index contributed by atoms with van der Waals surface area (Å²) in [6.45, 7) is 2.14. The fraction of sp³-hybridized carbons (Fsp3) is 0.111. The number of benzene rings is 3. The highest BCUT2D eigenvalue weighted by Gasteiger charge is 1.99. The van der Waals surface area contributed by atoms with E-state index in [2.05, 4.69) is 73.7 Å². The maximum atomic E-state index is 2.27. The van der Waals surface area contributed by atoms with Gasteiger partial charge in [-0.2, -0.15) is 0 Å². The van der Waals surface area contributed by atoms with Crippen LogP contribution in [0.15, 0.2) is 71.6 Å². The summed E-state index contributed by atoms with van der Waals surface area (Å²) in [7, 11) is 0. The highest BCUT2D eigenvalue weighted by molar-refractivity contribution is 7.98. The van der Waals surface area contributed by atoms with Crippen LogP contribution in [0.4, 0.5) is 0 Å². The van der Waals surface area contributed by atoms with Crippen LogP contribution >= 0.6 is 11.8 Å². The Morgan fingerprint density at radius 2 is 1.63 bits per heavy atom. The summed E-state index contributed by atoms with van der Waals surface area (Å²) in [5.41, 5.74) is 2.72. The molecule has 0 amide bonds. The minimum atomic E-state index is 1.03. The molecule has 0 aliphatic rings. The van der Waals surface area contributed by atoms with Crippen LogP contribution in [0, 0.1) is 6.92 Å². The highest BCUT2D eigenvalue weighted by atomic mass is 32.2. The maximum absolute atomic E-state index is 2.27. The molecule has 0 bridgehead atoms. The Balaban J connectivity index is 1.78. The predicted octanol–water partition coefficient (Wildman–Crippen LogP) is 5.44. The van der Waals surface area contributed by atoms with E-state index in [1.807, 2.05) is 11.8 Å². The summed E-state index contributed by atoms with van der Waals surface area (Å²) in [4.78, 5) is 1.33. The van der Waals surface area contributed by atoms with Crippen LogP contribution < -0.4 is 0 Å². The molecule has 0 aliphatic heterocycles. The van der Waals surface area contributed by atoms with Crippen LogP contribution in [0.2, 0.25) is 0 Å². The van der Waals surface area contributed by atoms with Gasteiger partial charge in [0.25, 0.3) is 0 Å². The molecule has 0 nitrogen and oxygen atoms in total. The van der Waals surface area contributed by atoms with E-state index in [-0.39, 0.29) is 0 Å². The minimum Gasteiger partial charge on any atom is -0.121 e. The maximum Gasteiger partial charge on any atom is 0.0232 e. The van der Waals surface area contributed by atoms with E-state index < -0.39 is 0 Å². The topological polar surface area (TPSA) is 0 Å². The normalized spacial score (nSPS) is 10.8. The second kappa shape index (κ2) is 5.50. The Morgan fingerprint density at radius 3 is 2.47 bits per heavy atom. The number of thioether (sulfide) groups is 1. The average molecular weight is 264 g/mol.